The summed E-state index contributed by atoms with van der Waals surface area (Å²) in [6, 6.07) is 9.16. The number of hydrogen-bond acceptors (Lipinski definition) is 3. The second kappa shape index (κ2) is 9.94. The molecule has 116 valence electrons. The number of carbonyl (C=O) groups excluding carboxylic acids is 1. The van der Waals surface area contributed by atoms with Gasteiger partial charge in [-0.15, -0.1) is 0 Å². The van der Waals surface area contributed by atoms with Crippen LogP contribution in [0.1, 0.15) is 37.7 Å². The quantitative estimate of drug-likeness (QED) is 0.572. The molecule has 1 aromatic rings. The minimum Gasteiger partial charge on any atom is -0.481 e. The largest absolute Gasteiger partial charge is 0.481 e. The molecule has 1 atom stereocenters. The maximum atomic E-state index is 11.8. The minimum absolute atomic E-state index is 0.135. The van der Waals surface area contributed by atoms with Crippen LogP contribution in [-0.4, -0.2) is 29.6 Å². The Balaban J connectivity index is 2.09. The van der Waals surface area contributed by atoms with Crippen molar-refractivity contribution < 1.29 is 14.7 Å². The molecule has 0 fully saturated rings. The highest BCUT2D eigenvalue weighted by Gasteiger charge is 2.12. The van der Waals surface area contributed by atoms with E-state index < -0.39 is 12.0 Å². The molecule has 21 heavy (non-hydrogen) atoms. The molecule has 0 heterocycles. The highest BCUT2D eigenvalue weighted by atomic mass is 16.4. The Bertz CT molecular complexity index is 434. The first-order valence-electron chi connectivity index (χ1n) is 7.38. The Labute approximate surface area is 125 Å². The third-order valence-electron chi connectivity index (χ3n) is 3.25. The number of benzene rings is 1. The van der Waals surface area contributed by atoms with Gasteiger partial charge < -0.3 is 16.2 Å². The molecule has 4 N–H and O–H groups in total. The number of rotatable bonds is 10. The van der Waals surface area contributed by atoms with Crippen LogP contribution in [-0.2, 0) is 16.0 Å². The van der Waals surface area contributed by atoms with Gasteiger partial charge in [-0.25, -0.2) is 0 Å². The summed E-state index contributed by atoms with van der Waals surface area (Å²) >= 11 is 0. The summed E-state index contributed by atoms with van der Waals surface area (Å²) < 4.78 is 0. The Morgan fingerprint density at radius 2 is 1.76 bits per heavy atom. The number of carboxylic acids is 1. The predicted octanol–water partition coefficient (Wildman–Crippen LogP) is 1.71. The van der Waals surface area contributed by atoms with Gasteiger partial charge in [0.05, 0.1) is 6.04 Å². The van der Waals surface area contributed by atoms with E-state index in [1.54, 1.807) is 0 Å². The van der Waals surface area contributed by atoms with Gasteiger partial charge in [0.15, 0.2) is 0 Å². The van der Waals surface area contributed by atoms with E-state index >= 15 is 0 Å². The molecule has 1 aromatic carbocycles. The van der Waals surface area contributed by atoms with Crippen LogP contribution in [0.2, 0.25) is 0 Å². The van der Waals surface area contributed by atoms with Crippen molar-refractivity contribution in [1.82, 2.24) is 5.32 Å². The van der Waals surface area contributed by atoms with Crippen LogP contribution in [0.4, 0.5) is 0 Å². The summed E-state index contributed by atoms with van der Waals surface area (Å²) in [5.74, 6) is -0.889. The SMILES string of the molecule is N[C@@H](Cc1ccccc1)C(=O)NCCCCCCC(=O)O. The molecule has 0 aliphatic rings. The Kier molecular flexibility index (Phi) is 8.12. The van der Waals surface area contributed by atoms with Gasteiger partial charge in [0.25, 0.3) is 0 Å². The summed E-state index contributed by atoms with van der Waals surface area (Å²) in [6.07, 6.45) is 4.08. The summed E-state index contributed by atoms with van der Waals surface area (Å²) in [6.45, 7) is 0.592. The lowest BCUT2D eigenvalue weighted by molar-refractivity contribution is -0.137. The van der Waals surface area contributed by atoms with Gasteiger partial charge in [-0.3, -0.25) is 9.59 Å². The first-order chi connectivity index (χ1) is 10.1. The van der Waals surface area contributed by atoms with Crippen molar-refractivity contribution in [3.05, 3.63) is 35.9 Å². The number of aliphatic carboxylic acids is 1. The zero-order chi connectivity index (χ0) is 15.5. The van der Waals surface area contributed by atoms with Gasteiger partial charge >= 0.3 is 5.97 Å². The van der Waals surface area contributed by atoms with E-state index in [0.717, 1.165) is 24.8 Å². The summed E-state index contributed by atoms with van der Waals surface area (Å²) in [4.78, 5) is 22.1. The molecule has 1 amide bonds. The van der Waals surface area contributed by atoms with E-state index in [1.165, 1.54) is 0 Å². The maximum absolute atomic E-state index is 11.8. The minimum atomic E-state index is -0.754. The first-order valence-corrected chi connectivity index (χ1v) is 7.38. The van der Waals surface area contributed by atoms with Crippen LogP contribution < -0.4 is 11.1 Å². The third-order valence-corrected chi connectivity index (χ3v) is 3.25. The topological polar surface area (TPSA) is 92.4 Å². The predicted molar refractivity (Wildman–Crippen MR) is 81.9 cm³/mol. The van der Waals surface area contributed by atoms with E-state index in [-0.39, 0.29) is 12.3 Å². The molecule has 0 saturated heterocycles. The number of carbonyl (C=O) groups is 2. The number of unbranched alkanes of at least 4 members (excludes halogenated alkanes) is 3. The number of carboxylic acid groups (broad SMARTS) is 1. The molecule has 0 radical (unpaired) electrons. The van der Waals surface area contributed by atoms with E-state index in [0.29, 0.717) is 19.4 Å². The van der Waals surface area contributed by atoms with E-state index in [9.17, 15) is 9.59 Å². The van der Waals surface area contributed by atoms with Gasteiger partial charge in [-0.1, -0.05) is 43.2 Å². The molecular formula is C16H24N2O3. The van der Waals surface area contributed by atoms with Gasteiger partial charge in [0.1, 0.15) is 0 Å². The molecule has 5 heteroatoms. The van der Waals surface area contributed by atoms with Gasteiger partial charge in [-0.2, -0.15) is 0 Å². The third kappa shape index (κ3) is 8.09. The molecule has 0 spiro atoms. The molecule has 0 aliphatic heterocycles. The van der Waals surface area contributed by atoms with Crippen molar-refractivity contribution in [2.45, 2.75) is 44.6 Å². The number of hydrogen-bond donors (Lipinski definition) is 3. The standard InChI is InChI=1S/C16H24N2O3/c17-14(12-13-8-4-3-5-9-13)16(21)18-11-7-2-1-6-10-15(19)20/h3-5,8-9,14H,1-2,6-7,10-12,17H2,(H,18,21)(H,19,20)/t14-/m0/s1. The zero-order valence-corrected chi connectivity index (χ0v) is 12.3. The lowest BCUT2D eigenvalue weighted by atomic mass is 10.1. The number of nitrogens with two attached hydrogens (primary N) is 1. The zero-order valence-electron chi connectivity index (χ0n) is 12.3. The van der Waals surface area contributed by atoms with Crippen molar-refractivity contribution in [3.8, 4) is 0 Å². The molecule has 0 bridgehead atoms. The van der Waals surface area contributed by atoms with E-state index in [2.05, 4.69) is 5.32 Å². The van der Waals surface area contributed by atoms with Gasteiger partial charge in [0, 0.05) is 13.0 Å². The molecule has 0 aliphatic carbocycles. The maximum Gasteiger partial charge on any atom is 0.303 e. The van der Waals surface area contributed by atoms with Crippen LogP contribution in [0.15, 0.2) is 30.3 Å². The summed E-state index contributed by atoms with van der Waals surface area (Å²) in [7, 11) is 0. The van der Waals surface area contributed by atoms with Crippen LogP contribution in [0, 0.1) is 0 Å². The fourth-order valence-corrected chi connectivity index (χ4v) is 2.06. The first kappa shape index (κ1) is 17.2. The highest BCUT2D eigenvalue weighted by molar-refractivity contribution is 5.81. The average Bonchev–Trinajstić information content (AvgIpc) is 2.46. The van der Waals surface area contributed by atoms with Crippen molar-refractivity contribution in [1.29, 1.82) is 0 Å². The van der Waals surface area contributed by atoms with Crippen molar-refractivity contribution in [3.63, 3.8) is 0 Å². The molecule has 0 saturated carbocycles. The number of amides is 1. The van der Waals surface area contributed by atoms with Crippen LogP contribution in [0.3, 0.4) is 0 Å². The Morgan fingerprint density at radius 3 is 2.43 bits per heavy atom. The summed E-state index contributed by atoms with van der Waals surface area (Å²) in [5, 5.41) is 11.3. The second-order valence-electron chi connectivity index (χ2n) is 5.15. The van der Waals surface area contributed by atoms with E-state index in [4.69, 9.17) is 10.8 Å². The molecule has 0 unspecified atom stereocenters. The lowest BCUT2D eigenvalue weighted by Crippen LogP contribution is -2.42. The van der Waals surface area contributed by atoms with Crippen LogP contribution in [0.5, 0.6) is 0 Å². The van der Waals surface area contributed by atoms with Crippen LogP contribution in [0.25, 0.3) is 0 Å². The van der Waals surface area contributed by atoms with Crippen LogP contribution >= 0.6 is 0 Å². The molecular weight excluding hydrogens is 268 g/mol. The Morgan fingerprint density at radius 1 is 1.10 bits per heavy atom. The van der Waals surface area contributed by atoms with Gasteiger partial charge in [-0.05, 0) is 24.8 Å². The second-order valence-corrected chi connectivity index (χ2v) is 5.15. The van der Waals surface area contributed by atoms with E-state index in [1.807, 2.05) is 30.3 Å². The molecule has 1 rings (SSSR count). The fourth-order valence-electron chi connectivity index (χ4n) is 2.06. The molecule has 5 nitrogen and oxygen atoms in total. The molecule has 0 aromatic heterocycles. The normalized spacial score (nSPS) is 11.9. The average molecular weight is 292 g/mol. The lowest BCUT2D eigenvalue weighted by Gasteiger charge is -2.12. The van der Waals surface area contributed by atoms with Gasteiger partial charge in [0.2, 0.25) is 5.91 Å². The highest BCUT2D eigenvalue weighted by Crippen LogP contribution is 2.03. The van der Waals surface area contributed by atoms with Crippen molar-refractivity contribution >= 4 is 11.9 Å². The number of nitrogens with one attached hydrogen (secondary N) is 1. The fraction of sp³-hybridized carbons (Fsp3) is 0.500. The van der Waals surface area contributed by atoms with Crippen molar-refractivity contribution in [2.24, 2.45) is 5.73 Å². The summed E-state index contributed by atoms with van der Waals surface area (Å²) in [5.41, 5.74) is 6.92. The Hall–Kier alpha value is -1.88. The smallest absolute Gasteiger partial charge is 0.303 e. The van der Waals surface area contributed by atoms with Crippen molar-refractivity contribution in [2.75, 3.05) is 6.54 Å². The monoisotopic (exact) mass is 292 g/mol.